The molecule has 2 nitrogen and oxygen atoms in total. The number of nitrogens with one attached hydrogen (secondary N) is 1. The molecule has 0 aliphatic heterocycles. The maximum absolute atomic E-state index is 12.7. The Labute approximate surface area is 88.5 Å². The van der Waals surface area contributed by atoms with Crippen molar-refractivity contribution in [2.45, 2.75) is 25.2 Å². The van der Waals surface area contributed by atoms with Crippen LogP contribution in [0.25, 0.3) is 0 Å². The average Bonchev–Trinajstić information content (AvgIpc) is 3.00. The maximum atomic E-state index is 12.7. The molecule has 1 aliphatic carbocycles. The van der Waals surface area contributed by atoms with Crippen molar-refractivity contribution in [3.8, 4) is 0 Å². The van der Waals surface area contributed by atoms with Crippen molar-refractivity contribution in [1.82, 2.24) is 5.32 Å². The number of rotatable bonds is 3. The van der Waals surface area contributed by atoms with Crippen molar-refractivity contribution >= 4 is 5.91 Å². The van der Waals surface area contributed by atoms with Crippen molar-refractivity contribution in [3.05, 3.63) is 35.6 Å². The summed E-state index contributed by atoms with van der Waals surface area (Å²) in [6, 6.07) is 6.23. The normalized spacial score (nSPS) is 17.2. The number of amides is 1. The third kappa shape index (κ3) is 1.74. The quantitative estimate of drug-likeness (QED) is 0.807. The molecule has 1 aromatic rings. The molecule has 0 atom stereocenters. The number of hydrogen-bond donors (Lipinski definition) is 1. The second kappa shape index (κ2) is 3.65. The Hall–Kier alpha value is -1.38. The topological polar surface area (TPSA) is 29.1 Å². The molecule has 0 unspecified atom stereocenters. The zero-order valence-corrected chi connectivity index (χ0v) is 8.72. The molecule has 0 saturated heterocycles. The highest BCUT2D eigenvalue weighted by molar-refractivity contribution is 5.91. The zero-order valence-electron chi connectivity index (χ0n) is 8.72. The molecule has 0 heterocycles. The fourth-order valence-corrected chi connectivity index (χ4v) is 1.87. The van der Waals surface area contributed by atoms with Crippen molar-refractivity contribution in [3.63, 3.8) is 0 Å². The van der Waals surface area contributed by atoms with Crippen LogP contribution >= 0.6 is 0 Å². The summed E-state index contributed by atoms with van der Waals surface area (Å²) in [5.41, 5.74) is 0.554. The maximum Gasteiger partial charge on any atom is 0.230 e. The fourth-order valence-electron chi connectivity index (χ4n) is 1.87. The highest BCUT2D eigenvalue weighted by Gasteiger charge is 2.50. The first-order chi connectivity index (χ1) is 7.19. The van der Waals surface area contributed by atoms with Crippen LogP contribution < -0.4 is 5.32 Å². The van der Waals surface area contributed by atoms with Gasteiger partial charge in [0.15, 0.2) is 0 Å². The molecule has 1 fully saturated rings. The van der Waals surface area contributed by atoms with E-state index in [1.807, 2.05) is 6.92 Å². The lowest BCUT2D eigenvalue weighted by molar-refractivity contribution is -0.123. The number of carbonyl (C=O) groups excluding carboxylic acids is 1. The van der Waals surface area contributed by atoms with Crippen LogP contribution in [0.15, 0.2) is 24.3 Å². The van der Waals surface area contributed by atoms with Crippen LogP contribution in [0.4, 0.5) is 4.39 Å². The number of hydrogen-bond acceptors (Lipinski definition) is 1. The number of halogens is 1. The second-order valence-corrected chi connectivity index (χ2v) is 3.95. The Bertz CT molecular complexity index is 368. The molecule has 0 radical (unpaired) electrons. The van der Waals surface area contributed by atoms with E-state index in [-0.39, 0.29) is 17.1 Å². The number of benzene rings is 1. The van der Waals surface area contributed by atoms with Crippen LogP contribution in [0.2, 0.25) is 0 Å². The molecule has 0 aromatic heterocycles. The smallest absolute Gasteiger partial charge is 0.230 e. The van der Waals surface area contributed by atoms with Gasteiger partial charge in [-0.1, -0.05) is 12.1 Å². The minimum atomic E-state index is -0.371. The lowest BCUT2D eigenvalue weighted by atomic mass is 9.95. The first-order valence-corrected chi connectivity index (χ1v) is 5.23. The Morgan fingerprint density at radius 2 is 2.00 bits per heavy atom. The average molecular weight is 207 g/mol. The zero-order chi connectivity index (χ0) is 10.9. The molecule has 1 aliphatic rings. The van der Waals surface area contributed by atoms with Gasteiger partial charge in [0.05, 0.1) is 5.41 Å². The van der Waals surface area contributed by atoms with Gasteiger partial charge in [0, 0.05) is 6.54 Å². The van der Waals surface area contributed by atoms with Crippen molar-refractivity contribution < 1.29 is 9.18 Å². The second-order valence-electron chi connectivity index (χ2n) is 3.95. The van der Waals surface area contributed by atoms with Gasteiger partial charge < -0.3 is 5.32 Å². The van der Waals surface area contributed by atoms with Gasteiger partial charge in [-0.15, -0.1) is 0 Å². The number of likely N-dealkylation sites (N-methyl/N-ethyl adjacent to an activating group) is 1. The van der Waals surface area contributed by atoms with E-state index in [4.69, 9.17) is 0 Å². The summed E-state index contributed by atoms with van der Waals surface area (Å²) < 4.78 is 12.7. The van der Waals surface area contributed by atoms with E-state index in [1.54, 1.807) is 12.1 Å². The third-order valence-electron chi connectivity index (χ3n) is 2.92. The molecule has 1 amide bonds. The van der Waals surface area contributed by atoms with Gasteiger partial charge in [-0.2, -0.15) is 0 Å². The summed E-state index contributed by atoms with van der Waals surface area (Å²) in [7, 11) is 0. The Morgan fingerprint density at radius 3 is 2.47 bits per heavy atom. The van der Waals surface area contributed by atoms with E-state index >= 15 is 0 Å². The van der Waals surface area contributed by atoms with E-state index in [2.05, 4.69) is 5.32 Å². The molecule has 2 rings (SSSR count). The molecule has 1 aromatic carbocycles. The summed E-state index contributed by atoms with van der Waals surface area (Å²) in [4.78, 5) is 11.8. The molecule has 3 heteroatoms. The van der Waals surface area contributed by atoms with Gasteiger partial charge >= 0.3 is 0 Å². The first kappa shape index (κ1) is 10.1. The van der Waals surface area contributed by atoms with Gasteiger partial charge in [0.2, 0.25) is 5.91 Å². The third-order valence-corrected chi connectivity index (χ3v) is 2.92. The van der Waals surface area contributed by atoms with Crippen LogP contribution in [0.1, 0.15) is 25.3 Å². The Morgan fingerprint density at radius 1 is 1.40 bits per heavy atom. The van der Waals surface area contributed by atoms with E-state index in [0.717, 1.165) is 18.4 Å². The molecule has 80 valence electrons. The monoisotopic (exact) mass is 207 g/mol. The minimum absolute atomic E-state index is 0.0663. The molecular formula is C12H14FNO. The van der Waals surface area contributed by atoms with Gasteiger partial charge in [0.25, 0.3) is 0 Å². The summed E-state index contributed by atoms with van der Waals surface area (Å²) in [6.45, 7) is 2.54. The van der Waals surface area contributed by atoms with E-state index in [0.29, 0.717) is 6.54 Å². The summed E-state index contributed by atoms with van der Waals surface area (Å²) in [5.74, 6) is -0.193. The Kier molecular flexibility index (Phi) is 2.47. The van der Waals surface area contributed by atoms with Gasteiger partial charge in [-0.25, -0.2) is 4.39 Å². The standard InChI is InChI=1S/C12H14FNO/c1-2-14-11(15)12(7-8-12)9-3-5-10(13)6-4-9/h3-6H,2,7-8H2,1H3,(H,14,15). The van der Waals surface area contributed by atoms with E-state index in [1.165, 1.54) is 12.1 Å². The lowest BCUT2D eigenvalue weighted by Crippen LogP contribution is -2.34. The van der Waals surface area contributed by atoms with Crippen LogP contribution in [0.5, 0.6) is 0 Å². The van der Waals surface area contributed by atoms with E-state index in [9.17, 15) is 9.18 Å². The van der Waals surface area contributed by atoms with E-state index < -0.39 is 0 Å². The largest absolute Gasteiger partial charge is 0.356 e. The molecule has 15 heavy (non-hydrogen) atoms. The SMILES string of the molecule is CCNC(=O)C1(c2ccc(F)cc2)CC1. The van der Waals surface area contributed by atoms with Gasteiger partial charge in [0.1, 0.15) is 5.82 Å². The number of carbonyl (C=O) groups is 1. The molecule has 0 bridgehead atoms. The Balaban J connectivity index is 2.22. The van der Waals surface area contributed by atoms with Crippen molar-refractivity contribution in [2.75, 3.05) is 6.54 Å². The summed E-state index contributed by atoms with van der Waals surface area (Å²) in [6.07, 6.45) is 1.73. The van der Waals surface area contributed by atoms with Crippen molar-refractivity contribution in [2.24, 2.45) is 0 Å². The highest BCUT2D eigenvalue weighted by atomic mass is 19.1. The summed E-state index contributed by atoms with van der Waals surface area (Å²) in [5, 5.41) is 2.83. The molecule has 1 N–H and O–H groups in total. The van der Waals surface area contributed by atoms with Crippen LogP contribution in [0.3, 0.4) is 0 Å². The first-order valence-electron chi connectivity index (χ1n) is 5.23. The minimum Gasteiger partial charge on any atom is -0.356 e. The fraction of sp³-hybridized carbons (Fsp3) is 0.417. The van der Waals surface area contributed by atoms with Gasteiger partial charge in [-0.05, 0) is 37.5 Å². The van der Waals surface area contributed by atoms with Crippen molar-refractivity contribution in [1.29, 1.82) is 0 Å². The van der Waals surface area contributed by atoms with Crippen LogP contribution in [-0.2, 0) is 10.2 Å². The molecule has 0 spiro atoms. The molecule has 1 saturated carbocycles. The van der Waals surface area contributed by atoms with Gasteiger partial charge in [-0.3, -0.25) is 4.79 Å². The predicted molar refractivity (Wildman–Crippen MR) is 56.0 cm³/mol. The predicted octanol–water partition coefficient (Wildman–Crippen LogP) is 1.99. The van der Waals surface area contributed by atoms with Crippen LogP contribution in [0, 0.1) is 5.82 Å². The molecular weight excluding hydrogens is 193 g/mol. The van der Waals surface area contributed by atoms with Crippen LogP contribution in [-0.4, -0.2) is 12.5 Å². The lowest BCUT2D eigenvalue weighted by Gasteiger charge is -2.14. The highest BCUT2D eigenvalue weighted by Crippen LogP contribution is 2.48. The summed E-state index contributed by atoms with van der Waals surface area (Å²) >= 11 is 0.